The third-order valence-electron chi connectivity index (χ3n) is 2.96. The quantitative estimate of drug-likeness (QED) is 0.657. The van der Waals surface area contributed by atoms with Crippen molar-refractivity contribution in [1.29, 1.82) is 0 Å². The van der Waals surface area contributed by atoms with Gasteiger partial charge in [-0.15, -0.1) is 11.3 Å². The normalized spacial score (nSPS) is 11.3. The van der Waals surface area contributed by atoms with Crippen molar-refractivity contribution in [2.45, 2.75) is 20.0 Å². The predicted octanol–water partition coefficient (Wildman–Crippen LogP) is 2.33. The molecule has 0 saturated heterocycles. The van der Waals surface area contributed by atoms with Crippen molar-refractivity contribution < 1.29 is 4.74 Å². The number of ether oxygens (including phenoxy) is 1. The van der Waals surface area contributed by atoms with Gasteiger partial charge in [-0.3, -0.25) is 4.99 Å². The fraction of sp³-hybridized carbons (Fsp3) is 0.333. The lowest BCUT2D eigenvalue weighted by Gasteiger charge is -2.13. The molecule has 2 aromatic rings. The number of nitrogens with one attached hydrogen (secondary N) is 2. The van der Waals surface area contributed by atoms with E-state index in [2.05, 4.69) is 20.6 Å². The summed E-state index contributed by atoms with van der Waals surface area (Å²) < 4.78 is 5.34. The van der Waals surface area contributed by atoms with Crippen LogP contribution < -0.4 is 15.4 Å². The number of guanidine groups is 1. The van der Waals surface area contributed by atoms with E-state index in [9.17, 15) is 0 Å². The van der Waals surface area contributed by atoms with Gasteiger partial charge in [0.1, 0.15) is 5.75 Å². The summed E-state index contributed by atoms with van der Waals surface area (Å²) in [4.78, 5) is 9.64. The number of benzene rings is 1. The van der Waals surface area contributed by atoms with E-state index in [0.717, 1.165) is 28.8 Å². The van der Waals surface area contributed by atoms with E-state index in [4.69, 9.17) is 4.74 Å². The largest absolute Gasteiger partial charge is 0.496 e. The molecule has 1 aromatic carbocycles. The highest BCUT2D eigenvalue weighted by molar-refractivity contribution is 7.11. The van der Waals surface area contributed by atoms with Crippen molar-refractivity contribution in [2.75, 3.05) is 14.2 Å². The third-order valence-corrected chi connectivity index (χ3v) is 3.87. The molecule has 0 spiro atoms. The maximum Gasteiger partial charge on any atom is 0.191 e. The van der Waals surface area contributed by atoms with Crippen molar-refractivity contribution in [3.8, 4) is 5.75 Å². The topological polar surface area (TPSA) is 58.5 Å². The Bertz CT molecular complexity index is 609. The Hall–Kier alpha value is -2.08. The van der Waals surface area contributed by atoms with Crippen LogP contribution in [0.25, 0.3) is 0 Å². The molecule has 0 amide bonds. The fourth-order valence-corrected chi connectivity index (χ4v) is 2.64. The molecule has 21 heavy (non-hydrogen) atoms. The predicted molar refractivity (Wildman–Crippen MR) is 86.9 cm³/mol. The number of hydrogen-bond donors (Lipinski definition) is 2. The summed E-state index contributed by atoms with van der Waals surface area (Å²) in [6.07, 6.45) is 1.89. The molecule has 0 fully saturated rings. The lowest BCUT2D eigenvalue weighted by Crippen LogP contribution is -2.36. The number of aryl methyl sites for hydroxylation is 1. The summed E-state index contributed by atoms with van der Waals surface area (Å²) in [5.74, 6) is 1.63. The Balaban J connectivity index is 1.88. The van der Waals surface area contributed by atoms with Crippen molar-refractivity contribution in [2.24, 2.45) is 4.99 Å². The third kappa shape index (κ3) is 4.46. The monoisotopic (exact) mass is 304 g/mol. The summed E-state index contributed by atoms with van der Waals surface area (Å²) in [7, 11) is 3.44. The van der Waals surface area contributed by atoms with Crippen molar-refractivity contribution >= 4 is 17.3 Å². The minimum absolute atomic E-state index is 0.658. The van der Waals surface area contributed by atoms with E-state index in [1.54, 1.807) is 25.5 Å². The lowest BCUT2D eigenvalue weighted by atomic mass is 10.2. The Kier molecular flexibility index (Phi) is 5.57. The van der Waals surface area contributed by atoms with E-state index in [-0.39, 0.29) is 0 Å². The highest BCUT2D eigenvalue weighted by Crippen LogP contribution is 2.16. The second kappa shape index (κ2) is 7.64. The first-order valence-corrected chi connectivity index (χ1v) is 7.52. The van der Waals surface area contributed by atoms with Crippen LogP contribution in [0.5, 0.6) is 5.75 Å². The molecule has 0 atom stereocenters. The standard InChI is InChI=1S/C15H20N4OS/c1-11-17-9-13(21-11)10-19-15(16-2)18-8-12-6-4-5-7-14(12)20-3/h4-7,9H,8,10H2,1-3H3,(H2,16,18,19). The van der Waals surface area contributed by atoms with Crippen molar-refractivity contribution in [3.63, 3.8) is 0 Å². The SMILES string of the molecule is CN=C(NCc1cnc(C)s1)NCc1ccccc1OC. The minimum atomic E-state index is 0.658. The van der Waals surface area contributed by atoms with Gasteiger partial charge in [-0.1, -0.05) is 18.2 Å². The van der Waals surface area contributed by atoms with Gasteiger partial charge in [-0.2, -0.15) is 0 Å². The summed E-state index contributed by atoms with van der Waals surface area (Å²) >= 11 is 1.68. The summed E-state index contributed by atoms with van der Waals surface area (Å²) in [6.45, 7) is 3.38. The van der Waals surface area contributed by atoms with Gasteiger partial charge >= 0.3 is 0 Å². The van der Waals surface area contributed by atoms with Gasteiger partial charge in [0.2, 0.25) is 0 Å². The Morgan fingerprint density at radius 2 is 2.05 bits per heavy atom. The number of nitrogens with zero attached hydrogens (tertiary/aromatic N) is 2. The van der Waals surface area contributed by atoms with Gasteiger partial charge in [0, 0.05) is 30.2 Å². The smallest absolute Gasteiger partial charge is 0.191 e. The molecule has 112 valence electrons. The molecule has 0 aliphatic carbocycles. The molecule has 2 rings (SSSR count). The van der Waals surface area contributed by atoms with Gasteiger partial charge in [0.15, 0.2) is 5.96 Å². The zero-order valence-corrected chi connectivity index (χ0v) is 13.3. The second-order valence-corrected chi connectivity index (χ2v) is 5.76. The molecular formula is C15H20N4OS. The number of methoxy groups -OCH3 is 1. The van der Waals surface area contributed by atoms with Crippen LogP contribution in [0.3, 0.4) is 0 Å². The highest BCUT2D eigenvalue weighted by Gasteiger charge is 2.04. The van der Waals surface area contributed by atoms with Gasteiger partial charge < -0.3 is 15.4 Å². The molecule has 0 radical (unpaired) electrons. The first-order valence-electron chi connectivity index (χ1n) is 6.70. The van der Waals surface area contributed by atoms with Crippen LogP contribution in [-0.4, -0.2) is 25.1 Å². The average Bonchev–Trinajstić information content (AvgIpc) is 2.93. The second-order valence-electron chi connectivity index (χ2n) is 4.44. The van der Waals surface area contributed by atoms with Crippen LogP contribution in [0.15, 0.2) is 35.5 Å². The van der Waals surface area contributed by atoms with E-state index < -0.39 is 0 Å². The molecule has 1 heterocycles. The molecular weight excluding hydrogens is 284 g/mol. The maximum absolute atomic E-state index is 5.34. The lowest BCUT2D eigenvalue weighted by molar-refractivity contribution is 0.409. The maximum atomic E-state index is 5.34. The minimum Gasteiger partial charge on any atom is -0.496 e. The van der Waals surface area contributed by atoms with E-state index in [0.29, 0.717) is 6.54 Å². The first-order chi connectivity index (χ1) is 10.2. The summed E-state index contributed by atoms with van der Waals surface area (Å²) in [6, 6.07) is 7.94. The summed E-state index contributed by atoms with van der Waals surface area (Å²) in [5, 5.41) is 7.63. The van der Waals surface area contributed by atoms with E-state index >= 15 is 0 Å². The molecule has 0 saturated carbocycles. The number of rotatable bonds is 5. The van der Waals surface area contributed by atoms with Gasteiger partial charge in [0.25, 0.3) is 0 Å². The van der Waals surface area contributed by atoms with Crippen LogP contribution in [0.4, 0.5) is 0 Å². The van der Waals surface area contributed by atoms with Crippen molar-refractivity contribution in [3.05, 3.63) is 45.9 Å². The van der Waals surface area contributed by atoms with Gasteiger partial charge in [-0.05, 0) is 13.0 Å². The van der Waals surface area contributed by atoms with Crippen LogP contribution in [0, 0.1) is 6.92 Å². The van der Waals surface area contributed by atoms with E-state index in [1.165, 1.54) is 4.88 Å². The van der Waals surface area contributed by atoms with E-state index in [1.807, 2.05) is 37.4 Å². The molecule has 6 heteroatoms. The van der Waals surface area contributed by atoms with Crippen LogP contribution in [0.2, 0.25) is 0 Å². The zero-order chi connectivity index (χ0) is 15.1. The first kappa shape index (κ1) is 15.3. The average molecular weight is 304 g/mol. The summed E-state index contributed by atoms with van der Waals surface area (Å²) in [5.41, 5.74) is 1.09. The number of aromatic nitrogens is 1. The Labute approximate surface area is 129 Å². The Morgan fingerprint density at radius 1 is 1.29 bits per heavy atom. The van der Waals surface area contributed by atoms with Crippen LogP contribution in [-0.2, 0) is 13.1 Å². The Morgan fingerprint density at radius 3 is 2.71 bits per heavy atom. The molecule has 1 aromatic heterocycles. The molecule has 0 aliphatic heterocycles. The fourth-order valence-electron chi connectivity index (χ4n) is 1.91. The van der Waals surface area contributed by atoms with Crippen molar-refractivity contribution in [1.82, 2.24) is 15.6 Å². The molecule has 0 unspecified atom stereocenters. The highest BCUT2D eigenvalue weighted by atomic mass is 32.1. The zero-order valence-electron chi connectivity index (χ0n) is 12.5. The molecule has 0 aliphatic rings. The number of thiazole rings is 1. The molecule has 0 bridgehead atoms. The molecule has 5 nitrogen and oxygen atoms in total. The number of hydrogen-bond acceptors (Lipinski definition) is 4. The van der Waals surface area contributed by atoms with Gasteiger partial charge in [0.05, 0.1) is 18.7 Å². The number of aliphatic imine (C=N–C) groups is 1. The van der Waals surface area contributed by atoms with Crippen LogP contribution in [0.1, 0.15) is 15.4 Å². The number of para-hydroxylation sites is 1. The van der Waals surface area contributed by atoms with Gasteiger partial charge in [-0.25, -0.2) is 4.98 Å². The van der Waals surface area contributed by atoms with Crippen LogP contribution >= 0.6 is 11.3 Å². The molecule has 2 N–H and O–H groups in total.